The minimum atomic E-state index is -0.641. The van der Waals surface area contributed by atoms with Gasteiger partial charge in [-0.15, -0.1) is 0 Å². The van der Waals surface area contributed by atoms with E-state index in [-0.39, 0.29) is 17.0 Å². The van der Waals surface area contributed by atoms with Gasteiger partial charge in [0.15, 0.2) is 5.75 Å². The van der Waals surface area contributed by atoms with Crippen molar-refractivity contribution in [3.8, 4) is 11.5 Å². The van der Waals surface area contributed by atoms with Crippen molar-refractivity contribution in [2.45, 2.75) is 0 Å². The van der Waals surface area contributed by atoms with Crippen LogP contribution in [0.25, 0.3) is 0 Å². The van der Waals surface area contributed by atoms with Crippen molar-refractivity contribution in [1.29, 1.82) is 0 Å². The molecule has 0 aliphatic carbocycles. The van der Waals surface area contributed by atoms with Crippen molar-refractivity contribution >= 4 is 11.6 Å². The van der Waals surface area contributed by atoms with Gasteiger partial charge < -0.3 is 16.2 Å². The number of amides is 1. The van der Waals surface area contributed by atoms with Crippen LogP contribution in [-0.4, -0.2) is 5.91 Å². The number of carbonyl (C=O) groups is 1. The molecule has 0 aliphatic rings. The van der Waals surface area contributed by atoms with Crippen molar-refractivity contribution in [2.75, 3.05) is 5.73 Å². The number of hydrogen-bond donors (Lipinski definition) is 2. The molecule has 0 aromatic heterocycles. The van der Waals surface area contributed by atoms with Gasteiger partial charge in [0, 0.05) is 6.07 Å². The summed E-state index contributed by atoms with van der Waals surface area (Å²) < 4.78 is 18.4. The van der Waals surface area contributed by atoms with Crippen molar-refractivity contribution < 1.29 is 13.9 Å². The van der Waals surface area contributed by atoms with E-state index in [1.165, 1.54) is 24.3 Å². The normalized spacial score (nSPS) is 10.1. The molecule has 1 amide bonds. The van der Waals surface area contributed by atoms with Crippen molar-refractivity contribution in [3.05, 3.63) is 53.8 Å². The average molecular weight is 246 g/mol. The number of primary amides is 1. The van der Waals surface area contributed by atoms with Gasteiger partial charge >= 0.3 is 0 Å². The van der Waals surface area contributed by atoms with Gasteiger partial charge in [-0.05, 0) is 24.3 Å². The van der Waals surface area contributed by atoms with Crippen LogP contribution in [0.3, 0.4) is 0 Å². The van der Waals surface area contributed by atoms with Crippen LogP contribution in [-0.2, 0) is 0 Å². The number of para-hydroxylation sites is 1. The molecule has 0 heterocycles. The largest absolute Gasteiger partial charge is 0.455 e. The summed E-state index contributed by atoms with van der Waals surface area (Å²) in [6, 6.07) is 10.3. The number of nitrogen functional groups attached to an aromatic ring is 1. The number of rotatable bonds is 3. The quantitative estimate of drug-likeness (QED) is 0.815. The molecule has 0 radical (unpaired) electrons. The molecule has 0 aliphatic heterocycles. The van der Waals surface area contributed by atoms with E-state index in [9.17, 15) is 9.18 Å². The molecule has 2 rings (SSSR count). The van der Waals surface area contributed by atoms with E-state index in [1.807, 2.05) is 0 Å². The van der Waals surface area contributed by atoms with Gasteiger partial charge in [0.05, 0.1) is 11.3 Å². The molecule has 4 nitrogen and oxygen atoms in total. The number of carbonyl (C=O) groups excluding carboxylic acids is 1. The second-order valence-electron chi connectivity index (χ2n) is 3.64. The first-order valence-electron chi connectivity index (χ1n) is 5.19. The molecule has 2 aromatic rings. The molecular weight excluding hydrogens is 235 g/mol. The van der Waals surface area contributed by atoms with Crippen molar-refractivity contribution in [3.63, 3.8) is 0 Å². The summed E-state index contributed by atoms with van der Waals surface area (Å²) >= 11 is 0. The Morgan fingerprint density at radius 1 is 1.17 bits per heavy atom. The second kappa shape index (κ2) is 4.75. The Morgan fingerprint density at radius 2 is 1.89 bits per heavy atom. The Morgan fingerprint density at radius 3 is 2.56 bits per heavy atom. The van der Waals surface area contributed by atoms with Crippen LogP contribution >= 0.6 is 0 Å². The average Bonchev–Trinajstić information content (AvgIpc) is 2.31. The van der Waals surface area contributed by atoms with Gasteiger partial charge in [-0.1, -0.05) is 12.1 Å². The minimum Gasteiger partial charge on any atom is -0.455 e. The summed E-state index contributed by atoms with van der Waals surface area (Å²) in [6.07, 6.45) is 0. The van der Waals surface area contributed by atoms with E-state index in [0.717, 1.165) is 0 Å². The zero-order valence-electron chi connectivity index (χ0n) is 9.39. The summed E-state index contributed by atoms with van der Waals surface area (Å²) in [5, 5.41) is 0. The van der Waals surface area contributed by atoms with Crippen LogP contribution in [0.15, 0.2) is 42.5 Å². The highest BCUT2D eigenvalue weighted by Gasteiger charge is 2.11. The summed E-state index contributed by atoms with van der Waals surface area (Å²) in [5.41, 5.74) is 11.2. The molecule has 0 bridgehead atoms. The number of ether oxygens (including phenoxy) is 1. The smallest absolute Gasteiger partial charge is 0.250 e. The van der Waals surface area contributed by atoms with Crippen LogP contribution in [0, 0.1) is 5.82 Å². The molecule has 92 valence electrons. The maximum Gasteiger partial charge on any atom is 0.250 e. The fourth-order valence-corrected chi connectivity index (χ4v) is 1.51. The SMILES string of the molecule is NC(=O)c1cccc(Oc2cccc(F)c2)c1N. The van der Waals surface area contributed by atoms with E-state index in [0.29, 0.717) is 5.75 Å². The molecule has 5 heteroatoms. The molecule has 0 fully saturated rings. The zero-order valence-corrected chi connectivity index (χ0v) is 9.39. The molecule has 2 aromatic carbocycles. The van der Waals surface area contributed by atoms with Crippen LogP contribution in [0.1, 0.15) is 10.4 Å². The highest BCUT2D eigenvalue weighted by Crippen LogP contribution is 2.29. The number of hydrogen-bond acceptors (Lipinski definition) is 3. The molecule has 0 spiro atoms. The van der Waals surface area contributed by atoms with Gasteiger partial charge in [-0.2, -0.15) is 0 Å². The first kappa shape index (κ1) is 11.9. The maximum atomic E-state index is 13.0. The van der Waals surface area contributed by atoms with E-state index in [1.54, 1.807) is 18.2 Å². The fraction of sp³-hybridized carbons (Fsp3) is 0. The minimum absolute atomic E-state index is 0.134. The van der Waals surface area contributed by atoms with Crippen LogP contribution in [0.5, 0.6) is 11.5 Å². The van der Waals surface area contributed by atoms with E-state index >= 15 is 0 Å². The molecule has 4 N–H and O–H groups in total. The highest BCUT2D eigenvalue weighted by atomic mass is 19.1. The standard InChI is InChI=1S/C13H11FN2O2/c14-8-3-1-4-9(7-8)18-11-6-2-5-10(12(11)15)13(16)17/h1-7H,15H2,(H2,16,17). The van der Waals surface area contributed by atoms with Gasteiger partial charge in [0.25, 0.3) is 5.91 Å². The third-order valence-electron chi connectivity index (χ3n) is 2.36. The summed E-state index contributed by atoms with van der Waals surface area (Å²) in [5.74, 6) is -0.505. The number of anilines is 1. The van der Waals surface area contributed by atoms with E-state index in [4.69, 9.17) is 16.2 Å². The first-order valence-corrected chi connectivity index (χ1v) is 5.19. The van der Waals surface area contributed by atoms with Crippen molar-refractivity contribution in [2.24, 2.45) is 5.73 Å². The maximum absolute atomic E-state index is 13.0. The Hall–Kier alpha value is -2.56. The molecule has 18 heavy (non-hydrogen) atoms. The van der Waals surface area contributed by atoms with Crippen LogP contribution in [0.2, 0.25) is 0 Å². The third kappa shape index (κ3) is 2.40. The predicted octanol–water partition coefficient (Wildman–Crippen LogP) is 2.30. The molecule has 0 saturated heterocycles. The lowest BCUT2D eigenvalue weighted by Crippen LogP contribution is -2.13. The topological polar surface area (TPSA) is 78.3 Å². The predicted molar refractivity (Wildman–Crippen MR) is 65.8 cm³/mol. The van der Waals surface area contributed by atoms with Gasteiger partial charge in [0.1, 0.15) is 11.6 Å². The Kier molecular flexibility index (Phi) is 3.14. The van der Waals surface area contributed by atoms with E-state index in [2.05, 4.69) is 0 Å². The van der Waals surface area contributed by atoms with Crippen molar-refractivity contribution in [1.82, 2.24) is 0 Å². The summed E-state index contributed by atoms with van der Waals surface area (Å²) in [6.45, 7) is 0. The second-order valence-corrected chi connectivity index (χ2v) is 3.64. The molecule has 0 unspecified atom stereocenters. The van der Waals surface area contributed by atoms with Gasteiger partial charge in [-0.3, -0.25) is 4.79 Å². The monoisotopic (exact) mass is 246 g/mol. The zero-order chi connectivity index (χ0) is 13.1. The Balaban J connectivity index is 2.35. The molecular formula is C13H11FN2O2. The molecule has 0 saturated carbocycles. The lowest BCUT2D eigenvalue weighted by Gasteiger charge is -2.10. The summed E-state index contributed by atoms with van der Waals surface area (Å²) in [7, 11) is 0. The Bertz CT molecular complexity index is 599. The number of halogens is 1. The van der Waals surface area contributed by atoms with Gasteiger partial charge in [0.2, 0.25) is 0 Å². The fourth-order valence-electron chi connectivity index (χ4n) is 1.51. The lowest BCUT2D eigenvalue weighted by atomic mass is 10.1. The number of benzene rings is 2. The highest BCUT2D eigenvalue weighted by molar-refractivity contribution is 5.99. The lowest BCUT2D eigenvalue weighted by molar-refractivity contribution is 0.100. The first-order chi connectivity index (χ1) is 8.58. The number of nitrogens with two attached hydrogens (primary N) is 2. The van der Waals surface area contributed by atoms with Crippen LogP contribution < -0.4 is 16.2 Å². The van der Waals surface area contributed by atoms with Gasteiger partial charge in [-0.25, -0.2) is 4.39 Å². The van der Waals surface area contributed by atoms with Crippen LogP contribution in [0.4, 0.5) is 10.1 Å². The summed E-state index contributed by atoms with van der Waals surface area (Å²) in [4.78, 5) is 11.1. The third-order valence-corrected chi connectivity index (χ3v) is 2.36. The Labute approximate surface area is 103 Å². The van der Waals surface area contributed by atoms with E-state index < -0.39 is 11.7 Å². The molecule has 0 atom stereocenters.